The molecule has 0 radical (unpaired) electrons. The first kappa shape index (κ1) is 13.2. The van der Waals surface area contributed by atoms with Gasteiger partial charge in [-0.05, 0) is 25.5 Å². The van der Waals surface area contributed by atoms with Gasteiger partial charge in [-0.25, -0.2) is 4.79 Å². The van der Waals surface area contributed by atoms with Crippen molar-refractivity contribution in [3.8, 4) is 0 Å². The molecule has 17 heavy (non-hydrogen) atoms. The summed E-state index contributed by atoms with van der Waals surface area (Å²) in [5.74, 6) is -1.20. The lowest BCUT2D eigenvalue weighted by molar-refractivity contribution is 0.0693. The quantitative estimate of drug-likeness (QED) is 0.843. The first-order valence-electron chi connectivity index (χ1n) is 5.58. The van der Waals surface area contributed by atoms with Gasteiger partial charge in [0, 0.05) is 19.3 Å². The molecule has 5 nitrogen and oxygen atoms in total. The molecule has 0 saturated heterocycles. The monoisotopic (exact) mass is 236 g/mol. The molecule has 0 aromatic carbocycles. The topological polar surface area (TPSA) is 70.5 Å². The van der Waals surface area contributed by atoms with Crippen LogP contribution in [0.3, 0.4) is 0 Å². The summed E-state index contributed by atoms with van der Waals surface area (Å²) in [5, 5.41) is 8.72. The van der Waals surface area contributed by atoms with Crippen LogP contribution in [0.4, 0.5) is 0 Å². The minimum Gasteiger partial charge on any atom is -0.478 e. The summed E-state index contributed by atoms with van der Waals surface area (Å²) in [4.78, 5) is 28.2. The van der Waals surface area contributed by atoms with Gasteiger partial charge in [-0.15, -0.1) is 0 Å². The van der Waals surface area contributed by atoms with Crippen molar-refractivity contribution in [2.45, 2.75) is 20.3 Å². The summed E-state index contributed by atoms with van der Waals surface area (Å²) >= 11 is 0. The summed E-state index contributed by atoms with van der Waals surface area (Å²) < 4.78 is 0. The molecule has 0 aliphatic rings. The van der Waals surface area contributed by atoms with Gasteiger partial charge in [0.05, 0.1) is 5.56 Å². The van der Waals surface area contributed by atoms with Gasteiger partial charge in [-0.1, -0.05) is 6.92 Å². The molecule has 0 unspecified atom stereocenters. The summed E-state index contributed by atoms with van der Waals surface area (Å²) in [6.45, 7) is 5.20. The number of nitrogens with zero attached hydrogens (tertiary/aromatic N) is 2. The van der Waals surface area contributed by atoms with Gasteiger partial charge in [-0.2, -0.15) is 0 Å². The molecule has 0 atom stereocenters. The molecule has 1 rings (SSSR count). The zero-order valence-corrected chi connectivity index (χ0v) is 10.0. The average Bonchev–Trinajstić information content (AvgIpc) is 2.35. The fourth-order valence-corrected chi connectivity index (χ4v) is 1.48. The van der Waals surface area contributed by atoms with Crippen molar-refractivity contribution in [1.82, 2.24) is 9.88 Å². The highest BCUT2D eigenvalue weighted by molar-refractivity contribution is 5.93. The third-order valence-corrected chi connectivity index (χ3v) is 2.39. The van der Waals surface area contributed by atoms with E-state index in [1.54, 1.807) is 4.90 Å². The van der Waals surface area contributed by atoms with Crippen molar-refractivity contribution < 1.29 is 14.7 Å². The van der Waals surface area contributed by atoms with Crippen molar-refractivity contribution >= 4 is 11.9 Å². The highest BCUT2D eigenvalue weighted by atomic mass is 16.4. The molecule has 0 saturated carbocycles. The SMILES string of the molecule is CCCN(CC)C(=O)c1ccc(C(=O)O)cn1. The Bertz CT molecular complexity index is 401. The van der Waals surface area contributed by atoms with Gasteiger partial charge >= 0.3 is 5.97 Å². The minimum absolute atomic E-state index is 0.0834. The van der Waals surface area contributed by atoms with E-state index in [-0.39, 0.29) is 17.2 Å². The molecule has 1 aromatic rings. The first-order valence-corrected chi connectivity index (χ1v) is 5.58. The molecule has 92 valence electrons. The molecular formula is C12H16N2O3. The lowest BCUT2D eigenvalue weighted by atomic mass is 10.2. The van der Waals surface area contributed by atoms with Gasteiger partial charge in [0.25, 0.3) is 5.91 Å². The van der Waals surface area contributed by atoms with Crippen molar-refractivity contribution in [3.63, 3.8) is 0 Å². The summed E-state index contributed by atoms with van der Waals surface area (Å²) in [5.41, 5.74) is 0.366. The van der Waals surface area contributed by atoms with Crippen molar-refractivity contribution in [3.05, 3.63) is 29.6 Å². The fourth-order valence-electron chi connectivity index (χ4n) is 1.48. The number of pyridine rings is 1. The lowest BCUT2D eigenvalue weighted by Gasteiger charge is -2.19. The van der Waals surface area contributed by atoms with E-state index in [4.69, 9.17) is 5.11 Å². The van der Waals surface area contributed by atoms with Crippen LogP contribution < -0.4 is 0 Å². The second-order valence-electron chi connectivity index (χ2n) is 3.62. The van der Waals surface area contributed by atoms with Gasteiger partial charge in [0.1, 0.15) is 5.69 Å². The molecule has 0 fully saturated rings. The highest BCUT2D eigenvalue weighted by Gasteiger charge is 2.15. The third-order valence-electron chi connectivity index (χ3n) is 2.39. The van der Waals surface area contributed by atoms with Crippen LogP contribution in [0.15, 0.2) is 18.3 Å². The van der Waals surface area contributed by atoms with Gasteiger partial charge < -0.3 is 10.0 Å². The highest BCUT2D eigenvalue weighted by Crippen LogP contribution is 2.05. The second-order valence-corrected chi connectivity index (χ2v) is 3.62. The smallest absolute Gasteiger partial charge is 0.337 e. The number of rotatable bonds is 5. The Morgan fingerprint density at radius 3 is 2.47 bits per heavy atom. The number of aromatic carboxylic acids is 1. The standard InChI is InChI=1S/C12H16N2O3/c1-3-7-14(4-2)11(15)10-6-5-9(8-13-10)12(16)17/h5-6,8H,3-4,7H2,1-2H3,(H,16,17). The van der Waals surface area contributed by atoms with E-state index in [1.807, 2.05) is 13.8 Å². The normalized spacial score (nSPS) is 10.0. The van der Waals surface area contributed by atoms with Crippen LogP contribution in [-0.2, 0) is 0 Å². The minimum atomic E-state index is -1.04. The van der Waals surface area contributed by atoms with Gasteiger partial charge in [0.2, 0.25) is 0 Å². The molecular weight excluding hydrogens is 220 g/mol. The maximum atomic E-state index is 12.0. The van der Waals surface area contributed by atoms with Crippen LogP contribution in [0.2, 0.25) is 0 Å². The van der Waals surface area contributed by atoms with E-state index in [0.29, 0.717) is 13.1 Å². The summed E-state index contributed by atoms with van der Waals surface area (Å²) in [6.07, 6.45) is 2.09. The maximum Gasteiger partial charge on any atom is 0.337 e. The number of aromatic nitrogens is 1. The Morgan fingerprint density at radius 2 is 2.06 bits per heavy atom. The van der Waals surface area contributed by atoms with Crippen LogP contribution in [0.5, 0.6) is 0 Å². The maximum absolute atomic E-state index is 12.0. The number of carbonyl (C=O) groups excluding carboxylic acids is 1. The molecule has 1 heterocycles. The van der Waals surface area contributed by atoms with Gasteiger partial charge in [0.15, 0.2) is 0 Å². The number of hydrogen-bond donors (Lipinski definition) is 1. The Labute approximate surface area is 100 Å². The number of carboxylic acid groups (broad SMARTS) is 1. The average molecular weight is 236 g/mol. The van der Waals surface area contributed by atoms with E-state index in [9.17, 15) is 9.59 Å². The van der Waals surface area contributed by atoms with Crippen molar-refractivity contribution in [2.24, 2.45) is 0 Å². The molecule has 0 spiro atoms. The molecule has 0 bridgehead atoms. The van der Waals surface area contributed by atoms with Crippen LogP contribution in [0.25, 0.3) is 0 Å². The van der Waals surface area contributed by atoms with E-state index < -0.39 is 5.97 Å². The first-order chi connectivity index (χ1) is 8.10. The van der Waals surface area contributed by atoms with E-state index in [0.717, 1.165) is 6.42 Å². The molecule has 1 N–H and O–H groups in total. The van der Waals surface area contributed by atoms with E-state index >= 15 is 0 Å². The Hall–Kier alpha value is -1.91. The third kappa shape index (κ3) is 3.27. The number of carboxylic acids is 1. The summed E-state index contributed by atoms with van der Waals surface area (Å²) in [7, 11) is 0. The van der Waals surface area contributed by atoms with Crippen LogP contribution in [0.1, 0.15) is 41.1 Å². The van der Waals surface area contributed by atoms with Crippen molar-refractivity contribution in [2.75, 3.05) is 13.1 Å². The molecule has 5 heteroatoms. The number of carbonyl (C=O) groups is 2. The molecule has 0 aliphatic heterocycles. The Balaban J connectivity index is 2.85. The zero-order valence-electron chi connectivity index (χ0n) is 10.0. The largest absolute Gasteiger partial charge is 0.478 e. The van der Waals surface area contributed by atoms with Gasteiger partial charge in [-0.3, -0.25) is 9.78 Å². The van der Waals surface area contributed by atoms with E-state index in [2.05, 4.69) is 4.98 Å². The Kier molecular flexibility index (Phi) is 4.63. The fraction of sp³-hybridized carbons (Fsp3) is 0.417. The predicted molar refractivity (Wildman–Crippen MR) is 63.1 cm³/mol. The molecule has 0 aliphatic carbocycles. The van der Waals surface area contributed by atoms with Crippen molar-refractivity contribution in [1.29, 1.82) is 0 Å². The molecule has 1 aromatic heterocycles. The number of amides is 1. The van der Waals surface area contributed by atoms with Crippen LogP contribution in [0, 0.1) is 0 Å². The number of hydrogen-bond acceptors (Lipinski definition) is 3. The van der Waals surface area contributed by atoms with Crippen LogP contribution in [-0.4, -0.2) is 40.0 Å². The zero-order chi connectivity index (χ0) is 12.8. The van der Waals surface area contributed by atoms with Crippen LogP contribution >= 0.6 is 0 Å². The van der Waals surface area contributed by atoms with E-state index in [1.165, 1.54) is 18.3 Å². The summed E-state index contributed by atoms with van der Waals surface area (Å²) in [6, 6.07) is 2.84. The lowest BCUT2D eigenvalue weighted by Crippen LogP contribution is -2.32. The second kappa shape index (κ2) is 5.98. The molecule has 1 amide bonds. The predicted octanol–water partition coefficient (Wildman–Crippen LogP) is 1.65. The Morgan fingerprint density at radius 1 is 1.35 bits per heavy atom.